The van der Waals surface area contributed by atoms with Crippen molar-refractivity contribution in [3.63, 3.8) is 0 Å². The van der Waals surface area contributed by atoms with E-state index in [9.17, 15) is 18.0 Å². The third kappa shape index (κ3) is 4.40. The summed E-state index contributed by atoms with van der Waals surface area (Å²) in [5.74, 6) is -0.527. The molecule has 2 N–H and O–H groups in total. The van der Waals surface area contributed by atoms with E-state index in [-0.39, 0.29) is 16.7 Å². The molecule has 0 bridgehead atoms. The van der Waals surface area contributed by atoms with Gasteiger partial charge in [-0.1, -0.05) is 18.2 Å². The predicted molar refractivity (Wildman–Crippen MR) is 108 cm³/mol. The van der Waals surface area contributed by atoms with Gasteiger partial charge in [0.1, 0.15) is 0 Å². The predicted octanol–water partition coefficient (Wildman–Crippen LogP) is 2.29. The van der Waals surface area contributed by atoms with Crippen LogP contribution in [-0.2, 0) is 26.0 Å². The zero-order valence-electron chi connectivity index (χ0n) is 15.8. The molecule has 1 aliphatic rings. The molecule has 0 aliphatic carbocycles. The summed E-state index contributed by atoms with van der Waals surface area (Å²) in [5.41, 5.74) is 2.43. The molecule has 0 fully saturated rings. The van der Waals surface area contributed by atoms with Gasteiger partial charge >= 0.3 is 0 Å². The standard InChI is InChI=1S/C20H23N3O4S/c1-14(20(25)23-13-5-7-16-6-3-4-8-19(16)23)22-28(26,27)18-11-9-17(10-12-18)21-15(2)24/h3-4,6,8-12,14,22H,5,7,13H2,1-2H3,(H,21,24)/t14-/m0/s1. The van der Waals surface area contributed by atoms with Gasteiger partial charge in [-0.3, -0.25) is 9.59 Å². The Labute approximate surface area is 164 Å². The molecule has 7 nitrogen and oxygen atoms in total. The second-order valence-electron chi connectivity index (χ2n) is 6.77. The molecule has 148 valence electrons. The van der Waals surface area contributed by atoms with Gasteiger partial charge in [0, 0.05) is 24.8 Å². The fourth-order valence-electron chi connectivity index (χ4n) is 3.27. The zero-order valence-corrected chi connectivity index (χ0v) is 16.6. The van der Waals surface area contributed by atoms with Crippen LogP contribution in [0.15, 0.2) is 53.4 Å². The Morgan fingerprint density at radius 1 is 1.07 bits per heavy atom. The second-order valence-corrected chi connectivity index (χ2v) is 8.48. The molecule has 0 spiro atoms. The lowest BCUT2D eigenvalue weighted by molar-refractivity contribution is -0.120. The van der Waals surface area contributed by atoms with Gasteiger partial charge in [0.05, 0.1) is 10.9 Å². The number of carbonyl (C=O) groups is 2. The summed E-state index contributed by atoms with van der Waals surface area (Å²) >= 11 is 0. The monoisotopic (exact) mass is 401 g/mol. The fourth-order valence-corrected chi connectivity index (χ4v) is 4.46. The lowest BCUT2D eigenvalue weighted by atomic mass is 10.0. The highest BCUT2D eigenvalue weighted by Crippen LogP contribution is 2.27. The Kier molecular flexibility index (Phi) is 5.81. The smallest absolute Gasteiger partial charge is 0.244 e. The first-order valence-electron chi connectivity index (χ1n) is 9.07. The van der Waals surface area contributed by atoms with Crippen LogP contribution in [0.1, 0.15) is 25.8 Å². The molecule has 2 aromatic carbocycles. The average molecular weight is 401 g/mol. The number of rotatable bonds is 5. The van der Waals surface area contributed by atoms with Crippen LogP contribution >= 0.6 is 0 Å². The minimum absolute atomic E-state index is 0.0281. The number of anilines is 2. The maximum Gasteiger partial charge on any atom is 0.244 e. The first kappa shape index (κ1) is 20.0. The van der Waals surface area contributed by atoms with Gasteiger partial charge in [-0.25, -0.2) is 8.42 Å². The summed E-state index contributed by atoms with van der Waals surface area (Å²) in [5, 5.41) is 2.58. The van der Waals surface area contributed by atoms with Crippen molar-refractivity contribution in [3.05, 3.63) is 54.1 Å². The second kappa shape index (κ2) is 8.12. The molecular weight excluding hydrogens is 378 g/mol. The summed E-state index contributed by atoms with van der Waals surface area (Å²) in [7, 11) is -3.88. The molecule has 2 amide bonds. The van der Waals surface area contributed by atoms with Crippen molar-refractivity contribution >= 4 is 33.2 Å². The number of nitrogens with one attached hydrogen (secondary N) is 2. The Morgan fingerprint density at radius 3 is 2.43 bits per heavy atom. The van der Waals surface area contributed by atoms with E-state index in [1.54, 1.807) is 11.8 Å². The van der Waals surface area contributed by atoms with E-state index in [1.165, 1.54) is 31.2 Å². The van der Waals surface area contributed by atoms with Crippen molar-refractivity contribution in [2.75, 3.05) is 16.8 Å². The van der Waals surface area contributed by atoms with E-state index in [1.807, 2.05) is 24.3 Å². The van der Waals surface area contributed by atoms with Crippen LogP contribution in [0.5, 0.6) is 0 Å². The van der Waals surface area contributed by atoms with Crippen molar-refractivity contribution in [2.45, 2.75) is 37.6 Å². The highest BCUT2D eigenvalue weighted by Gasteiger charge is 2.29. The van der Waals surface area contributed by atoms with Crippen molar-refractivity contribution in [1.29, 1.82) is 0 Å². The van der Waals surface area contributed by atoms with Crippen molar-refractivity contribution in [2.24, 2.45) is 0 Å². The Morgan fingerprint density at radius 2 is 1.75 bits per heavy atom. The van der Waals surface area contributed by atoms with Crippen molar-refractivity contribution in [1.82, 2.24) is 4.72 Å². The molecule has 8 heteroatoms. The number of nitrogens with zero attached hydrogens (tertiary/aromatic N) is 1. The summed E-state index contributed by atoms with van der Waals surface area (Å²) in [6.45, 7) is 3.48. The van der Waals surface area contributed by atoms with E-state index in [2.05, 4.69) is 10.0 Å². The molecule has 3 rings (SSSR count). The Hall–Kier alpha value is -2.71. The number of benzene rings is 2. The number of fused-ring (bicyclic) bond motifs is 1. The van der Waals surface area contributed by atoms with Crippen molar-refractivity contribution in [3.8, 4) is 0 Å². The van der Waals surface area contributed by atoms with Crippen molar-refractivity contribution < 1.29 is 18.0 Å². The summed E-state index contributed by atoms with van der Waals surface area (Å²) in [6, 6.07) is 12.6. The van der Waals surface area contributed by atoms with Crippen LogP contribution in [0, 0.1) is 0 Å². The van der Waals surface area contributed by atoms with Crippen LogP contribution in [0.2, 0.25) is 0 Å². The van der Waals surface area contributed by atoms with E-state index in [0.29, 0.717) is 12.2 Å². The normalized spacial score (nSPS) is 14.9. The average Bonchev–Trinajstić information content (AvgIpc) is 2.66. The highest BCUT2D eigenvalue weighted by molar-refractivity contribution is 7.89. The molecule has 0 aromatic heterocycles. The van der Waals surface area contributed by atoms with Gasteiger partial charge in [0.2, 0.25) is 21.8 Å². The third-order valence-electron chi connectivity index (χ3n) is 4.56. The summed E-state index contributed by atoms with van der Waals surface area (Å²) in [4.78, 5) is 25.6. The van der Waals surface area contributed by atoms with Crippen LogP contribution in [0.25, 0.3) is 0 Å². The molecular formula is C20H23N3O4S. The molecule has 0 saturated carbocycles. The quantitative estimate of drug-likeness (QED) is 0.804. The number of carbonyl (C=O) groups excluding carboxylic acids is 2. The molecule has 0 unspecified atom stereocenters. The van der Waals surface area contributed by atoms with Crippen LogP contribution < -0.4 is 14.9 Å². The molecule has 1 heterocycles. The van der Waals surface area contributed by atoms with Crippen LogP contribution in [0.3, 0.4) is 0 Å². The SMILES string of the molecule is CC(=O)Nc1ccc(S(=O)(=O)N[C@@H](C)C(=O)N2CCCc3ccccc32)cc1. The first-order chi connectivity index (χ1) is 13.3. The van der Waals surface area contributed by atoms with Gasteiger partial charge in [0.25, 0.3) is 0 Å². The highest BCUT2D eigenvalue weighted by atomic mass is 32.2. The number of para-hydroxylation sites is 1. The van der Waals surface area contributed by atoms with Crippen LogP contribution in [0.4, 0.5) is 11.4 Å². The maximum atomic E-state index is 12.9. The van der Waals surface area contributed by atoms with Gasteiger partial charge in [-0.05, 0) is 55.7 Å². The minimum Gasteiger partial charge on any atom is -0.326 e. The third-order valence-corrected chi connectivity index (χ3v) is 6.12. The molecule has 28 heavy (non-hydrogen) atoms. The maximum absolute atomic E-state index is 12.9. The largest absolute Gasteiger partial charge is 0.326 e. The Bertz CT molecular complexity index is 987. The van der Waals surface area contributed by atoms with Gasteiger partial charge in [0.15, 0.2) is 0 Å². The molecule has 0 radical (unpaired) electrons. The lowest BCUT2D eigenvalue weighted by Crippen LogP contribution is -2.48. The molecule has 2 aromatic rings. The van der Waals surface area contributed by atoms with E-state index in [0.717, 1.165) is 24.1 Å². The lowest BCUT2D eigenvalue weighted by Gasteiger charge is -2.31. The minimum atomic E-state index is -3.88. The van der Waals surface area contributed by atoms with E-state index < -0.39 is 16.1 Å². The topological polar surface area (TPSA) is 95.6 Å². The Balaban J connectivity index is 1.74. The van der Waals surface area contributed by atoms with Crippen LogP contribution in [-0.4, -0.2) is 32.8 Å². The molecule has 1 aliphatic heterocycles. The molecule has 1 atom stereocenters. The van der Waals surface area contributed by atoms with E-state index in [4.69, 9.17) is 0 Å². The number of sulfonamides is 1. The number of hydrogen-bond donors (Lipinski definition) is 2. The number of aryl methyl sites for hydroxylation is 1. The summed E-state index contributed by atoms with van der Waals surface area (Å²) in [6.07, 6.45) is 1.74. The number of amides is 2. The fraction of sp³-hybridized carbons (Fsp3) is 0.300. The van der Waals surface area contributed by atoms with Gasteiger partial charge in [-0.2, -0.15) is 4.72 Å². The zero-order chi connectivity index (χ0) is 20.3. The summed E-state index contributed by atoms with van der Waals surface area (Å²) < 4.78 is 27.7. The van der Waals surface area contributed by atoms with Gasteiger partial charge < -0.3 is 10.2 Å². The first-order valence-corrected chi connectivity index (χ1v) is 10.6. The van der Waals surface area contributed by atoms with Gasteiger partial charge in [-0.15, -0.1) is 0 Å². The number of hydrogen-bond acceptors (Lipinski definition) is 4. The molecule has 0 saturated heterocycles. The van der Waals surface area contributed by atoms with E-state index >= 15 is 0 Å².